The van der Waals surface area contributed by atoms with Crippen LogP contribution in [0.15, 0.2) is 18.2 Å². The van der Waals surface area contributed by atoms with E-state index in [-0.39, 0.29) is 0 Å². The summed E-state index contributed by atoms with van der Waals surface area (Å²) in [6.07, 6.45) is 5.48. The van der Waals surface area contributed by atoms with Crippen LogP contribution in [0.4, 0.5) is 5.69 Å². The maximum atomic E-state index is 5.98. The third-order valence-electron chi connectivity index (χ3n) is 4.44. The predicted octanol–water partition coefficient (Wildman–Crippen LogP) is 3.59. The summed E-state index contributed by atoms with van der Waals surface area (Å²) in [5.41, 5.74) is 9.51. The molecule has 18 heavy (non-hydrogen) atoms. The Hall–Kier alpha value is -1.02. The lowest BCUT2D eigenvalue weighted by atomic mass is 9.86. The Bertz CT molecular complexity index is 400. The van der Waals surface area contributed by atoms with Crippen LogP contribution in [0, 0.1) is 12.8 Å². The maximum absolute atomic E-state index is 5.98. The van der Waals surface area contributed by atoms with Crippen LogP contribution in [0.5, 0.6) is 0 Å². The molecular weight excluding hydrogens is 220 g/mol. The minimum absolute atomic E-state index is 0.745. The predicted molar refractivity (Wildman–Crippen MR) is 78.5 cm³/mol. The Morgan fingerprint density at radius 2 is 2.11 bits per heavy atom. The average Bonchev–Trinajstić information content (AvgIpc) is 2.35. The van der Waals surface area contributed by atoms with Crippen molar-refractivity contribution < 1.29 is 0 Å². The van der Waals surface area contributed by atoms with Gasteiger partial charge in [-0.2, -0.15) is 0 Å². The van der Waals surface area contributed by atoms with E-state index in [9.17, 15) is 0 Å². The fourth-order valence-corrected chi connectivity index (χ4v) is 3.07. The highest BCUT2D eigenvalue weighted by molar-refractivity contribution is 5.49. The van der Waals surface area contributed by atoms with E-state index in [1.54, 1.807) is 0 Å². The van der Waals surface area contributed by atoms with Gasteiger partial charge in [-0.1, -0.05) is 31.9 Å². The lowest BCUT2D eigenvalue weighted by Gasteiger charge is -2.34. The molecule has 0 radical (unpaired) electrons. The Morgan fingerprint density at radius 3 is 2.83 bits per heavy atom. The Balaban J connectivity index is 2.02. The van der Waals surface area contributed by atoms with Gasteiger partial charge < -0.3 is 5.73 Å². The van der Waals surface area contributed by atoms with Crippen LogP contribution in [0.25, 0.3) is 0 Å². The number of hydrogen-bond acceptors (Lipinski definition) is 2. The van der Waals surface area contributed by atoms with E-state index >= 15 is 0 Å². The van der Waals surface area contributed by atoms with Gasteiger partial charge >= 0.3 is 0 Å². The first-order valence-electron chi connectivity index (χ1n) is 7.12. The molecule has 1 aromatic carbocycles. The Morgan fingerprint density at radius 1 is 1.33 bits per heavy atom. The van der Waals surface area contributed by atoms with Crippen molar-refractivity contribution in [2.24, 2.45) is 5.92 Å². The van der Waals surface area contributed by atoms with Crippen molar-refractivity contribution in [1.29, 1.82) is 0 Å². The van der Waals surface area contributed by atoms with E-state index < -0.39 is 0 Å². The van der Waals surface area contributed by atoms with E-state index in [1.165, 1.54) is 36.8 Å². The number of nitrogen functional groups attached to an aromatic ring is 1. The van der Waals surface area contributed by atoms with Gasteiger partial charge in [0.1, 0.15) is 0 Å². The molecule has 0 aromatic heterocycles. The molecule has 2 nitrogen and oxygen atoms in total. The van der Waals surface area contributed by atoms with Crippen LogP contribution >= 0.6 is 0 Å². The van der Waals surface area contributed by atoms with Gasteiger partial charge in [-0.3, -0.25) is 4.90 Å². The second-order valence-corrected chi connectivity index (χ2v) is 5.97. The lowest BCUT2D eigenvalue weighted by Crippen LogP contribution is -2.35. The zero-order chi connectivity index (χ0) is 13.1. The number of nitrogens with two attached hydrogens (primary N) is 1. The molecule has 0 saturated heterocycles. The highest BCUT2D eigenvalue weighted by Gasteiger charge is 2.22. The molecule has 2 rings (SSSR count). The van der Waals surface area contributed by atoms with Crippen LogP contribution in [-0.2, 0) is 6.54 Å². The molecule has 0 spiro atoms. The lowest BCUT2D eigenvalue weighted by molar-refractivity contribution is 0.157. The summed E-state index contributed by atoms with van der Waals surface area (Å²) in [4.78, 5) is 2.51. The van der Waals surface area contributed by atoms with E-state index in [0.717, 1.165) is 24.2 Å². The van der Waals surface area contributed by atoms with Crippen molar-refractivity contribution in [2.45, 2.75) is 52.1 Å². The quantitative estimate of drug-likeness (QED) is 0.826. The molecule has 1 aromatic rings. The van der Waals surface area contributed by atoms with Crippen molar-refractivity contribution in [2.75, 3.05) is 12.8 Å². The number of anilines is 1. The molecule has 2 heteroatoms. The molecule has 100 valence electrons. The number of nitrogens with zero attached hydrogens (tertiary/aromatic N) is 1. The van der Waals surface area contributed by atoms with E-state index in [4.69, 9.17) is 5.73 Å². The van der Waals surface area contributed by atoms with Crippen LogP contribution in [0.1, 0.15) is 43.7 Å². The second-order valence-electron chi connectivity index (χ2n) is 5.97. The summed E-state index contributed by atoms with van der Waals surface area (Å²) in [6.45, 7) is 5.53. The summed E-state index contributed by atoms with van der Waals surface area (Å²) in [5, 5.41) is 0. The molecule has 2 N–H and O–H groups in total. The Kier molecular flexibility index (Phi) is 4.28. The van der Waals surface area contributed by atoms with Crippen LogP contribution in [0.2, 0.25) is 0 Å². The van der Waals surface area contributed by atoms with E-state index in [0.29, 0.717) is 0 Å². The topological polar surface area (TPSA) is 29.3 Å². The molecule has 1 aliphatic carbocycles. The van der Waals surface area contributed by atoms with Crippen LogP contribution < -0.4 is 5.73 Å². The highest BCUT2D eigenvalue weighted by Crippen LogP contribution is 2.28. The summed E-state index contributed by atoms with van der Waals surface area (Å²) in [7, 11) is 2.26. The van der Waals surface area contributed by atoms with E-state index in [1.807, 2.05) is 6.07 Å². The third-order valence-corrected chi connectivity index (χ3v) is 4.44. The normalized spacial score (nSPS) is 24.4. The zero-order valence-corrected chi connectivity index (χ0v) is 11.9. The summed E-state index contributed by atoms with van der Waals surface area (Å²) < 4.78 is 0. The molecule has 0 aliphatic heterocycles. The monoisotopic (exact) mass is 246 g/mol. The smallest absolute Gasteiger partial charge is 0.0346 e. The molecule has 1 saturated carbocycles. The summed E-state index contributed by atoms with van der Waals surface area (Å²) in [5.74, 6) is 0.883. The molecule has 0 amide bonds. The van der Waals surface area contributed by atoms with Gasteiger partial charge in [-0.25, -0.2) is 0 Å². The standard InChI is InChI=1S/C16H26N2/c1-12-6-4-8-15(10-12)18(3)11-14-7-5-9-16(17)13(14)2/h5,7,9,12,15H,4,6,8,10-11,17H2,1-3H3. The van der Waals surface area contributed by atoms with Gasteiger partial charge in [0, 0.05) is 18.3 Å². The minimum Gasteiger partial charge on any atom is -0.399 e. The SMILES string of the molecule is Cc1c(N)cccc1CN(C)C1CCCC(C)C1. The second kappa shape index (κ2) is 5.75. The average molecular weight is 246 g/mol. The minimum atomic E-state index is 0.745. The number of hydrogen-bond donors (Lipinski definition) is 1. The first-order chi connectivity index (χ1) is 8.58. The largest absolute Gasteiger partial charge is 0.399 e. The van der Waals surface area contributed by atoms with Crippen molar-refractivity contribution >= 4 is 5.69 Å². The first-order valence-corrected chi connectivity index (χ1v) is 7.12. The number of benzene rings is 1. The van der Waals surface area contributed by atoms with Gasteiger partial charge in [-0.05, 0) is 49.9 Å². The third kappa shape index (κ3) is 3.05. The van der Waals surface area contributed by atoms with Crippen molar-refractivity contribution in [3.05, 3.63) is 29.3 Å². The van der Waals surface area contributed by atoms with Gasteiger partial charge in [0.05, 0.1) is 0 Å². The molecule has 0 heterocycles. The molecular formula is C16H26N2. The van der Waals surface area contributed by atoms with Crippen molar-refractivity contribution in [3.63, 3.8) is 0 Å². The van der Waals surface area contributed by atoms with Crippen LogP contribution in [0.3, 0.4) is 0 Å². The van der Waals surface area contributed by atoms with Gasteiger partial charge in [-0.15, -0.1) is 0 Å². The van der Waals surface area contributed by atoms with Gasteiger partial charge in [0.25, 0.3) is 0 Å². The molecule has 2 atom stereocenters. The fraction of sp³-hybridized carbons (Fsp3) is 0.625. The summed E-state index contributed by atoms with van der Waals surface area (Å²) in [6, 6.07) is 7.00. The number of rotatable bonds is 3. The Labute approximate surface area is 111 Å². The van der Waals surface area contributed by atoms with Crippen LogP contribution in [-0.4, -0.2) is 18.0 Å². The zero-order valence-electron chi connectivity index (χ0n) is 11.9. The molecule has 2 unspecified atom stereocenters. The summed E-state index contributed by atoms with van der Waals surface area (Å²) >= 11 is 0. The fourth-order valence-electron chi connectivity index (χ4n) is 3.07. The maximum Gasteiger partial charge on any atom is 0.0346 e. The van der Waals surface area contributed by atoms with Gasteiger partial charge in [0.15, 0.2) is 0 Å². The van der Waals surface area contributed by atoms with Crippen molar-refractivity contribution in [3.8, 4) is 0 Å². The van der Waals surface area contributed by atoms with Crippen molar-refractivity contribution in [1.82, 2.24) is 4.90 Å². The highest BCUT2D eigenvalue weighted by atomic mass is 15.1. The molecule has 0 bridgehead atoms. The molecule has 1 fully saturated rings. The first kappa shape index (κ1) is 13.4. The van der Waals surface area contributed by atoms with Gasteiger partial charge in [0.2, 0.25) is 0 Å². The molecule has 1 aliphatic rings. The van der Waals surface area contributed by atoms with E-state index in [2.05, 4.69) is 37.9 Å².